The molecule has 0 aliphatic heterocycles. The summed E-state index contributed by atoms with van der Waals surface area (Å²) in [6.45, 7) is 26.8. The molecule has 57 heavy (non-hydrogen) atoms. The number of ether oxygens (including phenoxy) is 2. The monoisotopic (exact) mass is 808 g/mol. The minimum Gasteiger partial charge on any atom is -0.359 e. The van der Waals surface area contributed by atoms with Gasteiger partial charge in [-0.2, -0.15) is 5.10 Å². The summed E-state index contributed by atoms with van der Waals surface area (Å²) in [5.74, 6) is 2.11. The van der Waals surface area contributed by atoms with Crippen molar-refractivity contribution in [2.75, 3.05) is 13.2 Å². The molecule has 1 aliphatic carbocycles. The first-order valence-electron chi connectivity index (χ1n) is 21.0. The molecule has 2 heterocycles. The molecule has 0 bridgehead atoms. The molecule has 308 valence electrons. The molecule has 1 saturated carbocycles. The quantitative estimate of drug-likeness (QED) is 0.0739. The predicted octanol–water partition coefficient (Wildman–Crippen LogP) is 11.4. The summed E-state index contributed by atoms with van der Waals surface area (Å²) in [6.07, 6.45) is 8.56. The van der Waals surface area contributed by atoms with Crippen molar-refractivity contribution in [2.24, 2.45) is 5.41 Å². The summed E-state index contributed by atoms with van der Waals surface area (Å²) in [5.41, 5.74) is 7.68. The number of hydrogen-bond acceptors (Lipinski definition) is 7. The maximum absolute atomic E-state index is 5.81. The normalized spacial score (nSPS) is 14.8. The van der Waals surface area contributed by atoms with Crippen LogP contribution in [0.1, 0.15) is 70.4 Å². The van der Waals surface area contributed by atoms with Crippen molar-refractivity contribution in [2.45, 2.75) is 137 Å². The van der Waals surface area contributed by atoms with E-state index in [9.17, 15) is 0 Å². The maximum Gasteiger partial charge on any atom is 0.181 e. The molecule has 2 aromatic heterocycles. The molecule has 6 rings (SSSR count). The molecule has 0 spiro atoms. The summed E-state index contributed by atoms with van der Waals surface area (Å²) in [5, 5.41) is 12.7. The molecule has 0 atom stereocenters. The average Bonchev–Trinajstić information content (AvgIpc) is 3.85. The molecule has 1 N–H and O–H groups in total. The zero-order valence-corrected chi connectivity index (χ0v) is 38.5. The van der Waals surface area contributed by atoms with E-state index in [0.29, 0.717) is 30.8 Å². The Morgan fingerprint density at radius 1 is 0.754 bits per heavy atom. The third kappa shape index (κ3) is 14.9. The van der Waals surface area contributed by atoms with Crippen molar-refractivity contribution in [1.29, 1.82) is 0 Å². The number of aromatic nitrogens is 6. The first-order chi connectivity index (χ1) is 27.0. The van der Waals surface area contributed by atoms with Gasteiger partial charge in [0.1, 0.15) is 26.1 Å². The van der Waals surface area contributed by atoms with E-state index in [0.717, 1.165) is 48.6 Å². The lowest BCUT2D eigenvalue weighted by atomic mass is 9.75. The second-order valence-electron chi connectivity index (χ2n) is 19.3. The van der Waals surface area contributed by atoms with Gasteiger partial charge in [0.05, 0.1) is 0 Å². The van der Waals surface area contributed by atoms with Gasteiger partial charge in [0.25, 0.3) is 0 Å². The van der Waals surface area contributed by atoms with Gasteiger partial charge in [0.15, 0.2) is 11.6 Å². The molecule has 0 saturated heterocycles. The second-order valence-corrected chi connectivity index (χ2v) is 30.5. The van der Waals surface area contributed by atoms with Crippen LogP contribution in [0.4, 0.5) is 0 Å². The Balaban J connectivity index is 0.000000242. The lowest BCUT2D eigenvalue weighted by Gasteiger charge is -2.34. The fraction of sp³-hybridized carbons (Fsp3) is 0.522. The van der Waals surface area contributed by atoms with Gasteiger partial charge >= 0.3 is 0 Å². The van der Waals surface area contributed by atoms with Crippen LogP contribution < -0.4 is 5.32 Å². The van der Waals surface area contributed by atoms with E-state index in [4.69, 9.17) is 9.47 Å². The van der Waals surface area contributed by atoms with Crippen LogP contribution in [0.2, 0.25) is 51.4 Å². The molecule has 0 radical (unpaired) electrons. The van der Waals surface area contributed by atoms with Crippen molar-refractivity contribution in [1.82, 2.24) is 34.8 Å². The SMILES string of the molecule is CC(C)c1cccc(-c2ncnn2COCC[Si](C)(C)C)c1.CC1(C)CCC(NCc2ccc(-c3cccc(-c4ncn(COCC[Si](C)(C)C)n4)c3)cc2)CC1. The van der Waals surface area contributed by atoms with Crippen LogP contribution in [0.5, 0.6) is 0 Å². The van der Waals surface area contributed by atoms with Crippen molar-refractivity contribution in [3.63, 3.8) is 0 Å². The lowest BCUT2D eigenvalue weighted by molar-refractivity contribution is 0.0784. The smallest absolute Gasteiger partial charge is 0.181 e. The Kier molecular flexibility index (Phi) is 15.8. The van der Waals surface area contributed by atoms with E-state index in [2.05, 4.69) is 165 Å². The molecular formula is C46H69N7O2Si2. The van der Waals surface area contributed by atoms with Gasteiger partial charge in [-0.15, -0.1) is 5.10 Å². The number of nitrogens with one attached hydrogen (secondary N) is 1. The molecule has 11 heteroatoms. The first-order valence-corrected chi connectivity index (χ1v) is 28.4. The molecule has 0 amide bonds. The molecule has 1 aliphatic rings. The molecular weight excluding hydrogens is 739 g/mol. The summed E-state index contributed by atoms with van der Waals surface area (Å²) in [4.78, 5) is 8.91. The van der Waals surface area contributed by atoms with Crippen LogP contribution in [-0.4, -0.2) is 64.9 Å². The highest BCUT2D eigenvalue weighted by Crippen LogP contribution is 2.35. The number of nitrogens with zero attached hydrogens (tertiary/aromatic N) is 6. The molecule has 5 aromatic rings. The van der Waals surface area contributed by atoms with E-state index in [1.165, 1.54) is 54.0 Å². The molecule has 1 fully saturated rings. The van der Waals surface area contributed by atoms with Crippen molar-refractivity contribution < 1.29 is 9.47 Å². The van der Waals surface area contributed by atoms with Crippen LogP contribution >= 0.6 is 0 Å². The maximum atomic E-state index is 5.81. The zero-order valence-electron chi connectivity index (χ0n) is 36.5. The van der Waals surface area contributed by atoms with E-state index < -0.39 is 16.1 Å². The summed E-state index contributed by atoms with van der Waals surface area (Å²) in [7, 11) is -2.12. The average molecular weight is 808 g/mol. The first kappa shape index (κ1) is 44.4. The lowest BCUT2D eigenvalue weighted by Crippen LogP contribution is -2.35. The van der Waals surface area contributed by atoms with Crippen LogP contribution in [0, 0.1) is 5.41 Å². The Morgan fingerprint density at radius 3 is 2.05 bits per heavy atom. The van der Waals surface area contributed by atoms with Gasteiger partial charge in [-0.1, -0.05) is 128 Å². The Hall–Kier alpha value is -3.75. The Labute approximate surface area is 345 Å². The predicted molar refractivity (Wildman–Crippen MR) is 242 cm³/mol. The van der Waals surface area contributed by atoms with Gasteiger partial charge in [0.2, 0.25) is 0 Å². The third-order valence-corrected chi connectivity index (χ3v) is 14.1. The number of benzene rings is 3. The van der Waals surface area contributed by atoms with Crippen molar-refractivity contribution >= 4 is 16.1 Å². The van der Waals surface area contributed by atoms with Gasteiger partial charge in [-0.3, -0.25) is 0 Å². The minimum absolute atomic E-state index is 0.450. The van der Waals surface area contributed by atoms with Crippen LogP contribution in [0.3, 0.4) is 0 Å². The van der Waals surface area contributed by atoms with E-state index in [-0.39, 0.29) is 0 Å². The number of rotatable bonds is 17. The highest BCUT2D eigenvalue weighted by Gasteiger charge is 2.26. The van der Waals surface area contributed by atoms with Gasteiger partial charge in [0, 0.05) is 53.1 Å². The van der Waals surface area contributed by atoms with Crippen LogP contribution in [0.15, 0.2) is 85.5 Å². The minimum atomic E-state index is -1.08. The largest absolute Gasteiger partial charge is 0.359 e. The highest BCUT2D eigenvalue weighted by atomic mass is 28.3. The molecule has 3 aromatic carbocycles. The Morgan fingerprint density at radius 2 is 1.39 bits per heavy atom. The van der Waals surface area contributed by atoms with E-state index >= 15 is 0 Å². The van der Waals surface area contributed by atoms with E-state index in [1.54, 1.807) is 17.3 Å². The zero-order chi connectivity index (χ0) is 41.1. The molecule has 0 unspecified atom stereocenters. The fourth-order valence-electron chi connectivity index (χ4n) is 6.69. The van der Waals surface area contributed by atoms with Crippen molar-refractivity contribution in [3.8, 4) is 33.9 Å². The second kappa shape index (κ2) is 20.3. The summed E-state index contributed by atoms with van der Waals surface area (Å²) >= 11 is 0. The van der Waals surface area contributed by atoms with Crippen LogP contribution in [0.25, 0.3) is 33.9 Å². The van der Waals surface area contributed by atoms with Crippen LogP contribution in [-0.2, 0) is 29.5 Å². The standard InChI is InChI=1S/C29H42N4OSi.C17H27N3OSi/c1-29(2)15-13-27(14-16-29)30-20-23-9-11-24(12-10-23)25-7-6-8-26(19-25)28-31-21-33(32-28)22-34-17-18-35(3,4)5;1-14(2)15-7-6-8-16(11-15)17-18-12-19-20(17)13-21-9-10-22(3,4)5/h6-12,19,21,27,30H,13-18,20,22H2,1-5H3;6-8,11-12,14H,9-10,13H2,1-5H3. The third-order valence-electron chi connectivity index (χ3n) is 10.7. The Bertz CT molecular complexity index is 1950. The van der Waals surface area contributed by atoms with Gasteiger partial charge in [-0.25, -0.2) is 19.3 Å². The topological polar surface area (TPSA) is 91.9 Å². The summed E-state index contributed by atoms with van der Waals surface area (Å²) < 4.78 is 15.2. The molecule has 9 nitrogen and oxygen atoms in total. The van der Waals surface area contributed by atoms with E-state index in [1.807, 2.05) is 4.68 Å². The number of hydrogen-bond donors (Lipinski definition) is 1. The van der Waals surface area contributed by atoms with Gasteiger partial charge in [-0.05, 0) is 83.5 Å². The van der Waals surface area contributed by atoms with Crippen molar-refractivity contribution in [3.05, 3.63) is 96.6 Å². The fourth-order valence-corrected chi connectivity index (χ4v) is 8.21. The van der Waals surface area contributed by atoms with Gasteiger partial charge < -0.3 is 14.8 Å². The summed E-state index contributed by atoms with van der Waals surface area (Å²) in [6, 6.07) is 28.9. The highest BCUT2D eigenvalue weighted by molar-refractivity contribution is 6.76.